The largest absolute Gasteiger partial charge is 0.377 e. The van der Waals surface area contributed by atoms with Crippen LogP contribution < -0.4 is 21.3 Å². The summed E-state index contributed by atoms with van der Waals surface area (Å²) in [5.74, 6) is -0.132. The van der Waals surface area contributed by atoms with Crippen molar-refractivity contribution in [1.82, 2.24) is 21.3 Å². The Labute approximate surface area is 118 Å². The van der Waals surface area contributed by atoms with Crippen molar-refractivity contribution in [2.45, 2.75) is 0 Å². The number of hydrogen-bond donors (Lipinski definition) is 4. The van der Waals surface area contributed by atoms with E-state index in [4.69, 9.17) is 9.47 Å². The maximum absolute atomic E-state index is 11.4. The van der Waals surface area contributed by atoms with Crippen LogP contribution >= 0.6 is 0 Å². The summed E-state index contributed by atoms with van der Waals surface area (Å²) in [6, 6.07) is 0. The summed E-state index contributed by atoms with van der Waals surface area (Å²) in [7, 11) is 0. The molecule has 8 heteroatoms. The van der Waals surface area contributed by atoms with Crippen LogP contribution in [0.2, 0.25) is 0 Å². The molecule has 20 heavy (non-hydrogen) atoms. The van der Waals surface area contributed by atoms with Crippen LogP contribution in [-0.2, 0) is 19.1 Å². The molecule has 0 spiro atoms. The molecule has 1 saturated heterocycles. The molecule has 0 radical (unpaired) electrons. The predicted molar refractivity (Wildman–Crippen MR) is 73.4 cm³/mol. The molecular formula is C12H24N4O4. The third kappa shape index (κ3) is 9.68. The highest BCUT2D eigenvalue weighted by atomic mass is 16.5. The molecule has 0 atom stereocenters. The van der Waals surface area contributed by atoms with Crippen LogP contribution in [0.15, 0.2) is 0 Å². The lowest BCUT2D eigenvalue weighted by Crippen LogP contribution is -2.41. The Balaban J connectivity index is 2.19. The molecule has 0 aromatic carbocycles. The van der Waals surface area contributed by atoms with E-state index in [0.29, 0.717) is 52.6 Å². The molecule has 0 aromatic rings. The van der Waals surface area contributed by atoms with E-state index in [1.807, 2.05) is 0 Å². The zero-order valence-electron chi connectivity index (χ0n) is 11.7. The Hall–Kier alpha value is -1.22. The molecule has 116 valence electrons. The SMILES string of the molecule is O=C1CNCCNCC(=O)NCCOCCOCCN1. The minimum absolute atomic E-state index is 0.0660. The quantitative estimate of drug-likeness (QED) is 0.391. The van der Waals surface area contributed by atoms with Gasteiger partial charge in [-0.25, -0.2) is 0 Å². The van der Waals surface area contributed by atoms with E-state index in [1.54, 1.807) is 0 Å². The summed E-state index contributed by atoms with van der Waals surface area (Å²) in [6.45, 7) is 4.65. The fourth-order valence-electron chi connectivity index (χ4n) is 1.55. The zero-order valence-corrected chi connectivity index (χ0v) is 11.7. The lowest BCUT2D eigenvalue weighted by atomic mass is 10.5. The maximum atomic E-state index is 11.4. The Bertz CT molecular complexity index is 261. The highest BCUT2D eigenvalue weighted by Crippen LogP contribution is 1.79. The first-order valence-corrected chi connectivity index (χ1v) is 6.89. The van der Waals surface area contributed by atoms with E-state index in [0.717, 1.165) is 0 Å². The topological polar surface area (TPSA) is 101 Å². The predicted octanol–water partition coefficient (Wildman–Crippen LogP) is -2.56. The molecule has 4 N–H and O–H groups in total. The van der Waals surface area contributed by atoms with Gasteiger partial charge in [-0.15, -0.1) is 0 Å². The fraction of sp³-hybridized carbons (Fsp3) is 0.833. The minimum Gasteiger partial charge on any atom is -0.377 e. The van der Waals surface area contributed by atoms with Crippen LogP contribution in [0.25, 0.3) is 0 Å². The highest BCUT2D eigenvalue weighted by Gasteiger charge is 2.02. The summed E-state index contributed by atoms with van der Waals surface area (Å²) in [4.78, 5) is 22.8. The smallest absolute Gasteiger partial charge is 0.234 e. The van der Waals surface area contributed by atoms with Crippen LogP contribution in [0.4, 0.5) is 0 Å². The number of ether oxygens (including phenoxy) is 2. The highest BCUT2D eigenvalue weighted by molar-refractivity contribution is 5.78. The second-order valence-corrected chi connectivity index (χ2v) is 4.28. The van der Waals surface area contributed by atoms with Gasteiger partial charge in [-0.2, -0.15) is 0 Å². The van der Waals surface area contributed by atoms with Crippen molar-refractivity contribution in [3.05, 3.63) is 0 Å². The number of amides is 2. The molecular weight excluding hydrogens is 264 g/mol. The molecule has 1 aliphatic heterocycles. The Morgan fingerprint density at radius 3 is 1.55 bits per heavy atom. The minimum atomic E-state index is -0.0660. The van der Waals surface area contributed by atoms with Gasteiger partial charge in [0.25, 0.3) is 0 Å². The van der Waals surface area contributed by atoms with Gasteiger partial charge in [-0.05, 0) is 0 Å². The number of hydrogen-bond acceptors (Lipinski definition) is 6. The molecule has 0 unspecified atom stereocenters. The van der Waals surface area contributed by atoms with Gasteiger partial charge in [0.05, 0.1) is 39.5 Å². The second-order valence-electron chi connectivity index (χ2n) is 4.28. The van der Waals surface area contributed by atoms with Crippen LogP contribution in [0.1, 0.15) is 0 Å². The molecule has 0 aliphatic carbocycles. The molecule has 1 rings (SSSR count). The van der Waals surface area contributed by atoms with Crippen molar-refractivity contribution in [3.63, 3.8) is 0 Å². The Morgan fingerprint density at radius 2 is 1.10 bits per heavy atom. The normalized spacial score (nSPS) is 22.2. The number of carbonyl (C=O) groups is 2. The third-order valence-electron chi connectivity index (χ3n) is 2.56. The van der Waals surface area contributed by atoms with Crippen LogP contribution in [0.3, 0.4) is 0 Å². The second kappa shape index (κ2) is 11.6. The van der Waals surface area contributed by atoms with E-state index in [2.05, 4.69) is 21.3 Å². The van der Waals surface area contributed by atoms with Gasteiger partial charge in [0.2, 0.25) is 11.8 Å². The van der Waals surface area contributed by atoms with Crippen LogP contribution in [0.5, 0.6) is 0 Å². The van der Waals surface area contributed by atoms with Crippen molar-refractivity contribution < 1.29 is 19.1 Å². The van der Waals surface area contributed by atoms with Gasteiger partial charge < -0.3 is 30.7 Å². The van der Waals surface area contributed by atoms with Crippen molar-refractivity contribution in [2.24, 2.45) is 0 Å². The molecule has 0 bridgehead atoms. The van der Waals surface area contributed by atoms with Crippen LogP contribution in [-0.4, -0.2) is 77.5 Å². The average molecular weight is 288 g/mol. The van der Waals surface area contributed by atoms with E-state index in [1.165, 1.54) is 0 Å². The average Bonchev–Trinajstić information content (AvgIpc) is 2.43. The fourth-order valence-corrected chi connectivity index (χ4v) is 1.55. The molecule has 0 aromatic heterocycles. The van der Waals surface area contributed by atoms with Crippen LogP contribution in [0, 0.1) is 0 Å². The summed E-state index contributed by atoms with van der Waals surface area (Å²) in [5, 5.41) is 11.5. The van der Waals surface area contributed by atoms with Gasteiger partial charge in [0, 0.05) is 26.2 Å². The number of nitrogens with one attached hydrogen (secondary N) is 4. The first-order valence-electron chi connectivity index (χ1n) is 6.89. The van der Waals surface area contributed by atoms with Gasteiger partial charge in [0.1, 0.15) is 0 Å². The van der Waals surface area contributed by atoms with Gasteiger partial charge >= 0.3 is 0 Å². The molecule has 1 heterocycles. The standard InChI is InChI=1S/C12H24N4O4/c17-11-9-13-1-2-14-10-12(18)16-4-6-20-8-7-19-5-3-15-11/h13-14H,1-10H2,(H,15,17)(H,16,18). The summed E-state index contributed by atoms with van der Waals surface area (Å²) < 4.78 is 10.6. The first-order chi connectivity index (χ1) is 9.79. The van der Waals surface area contributed by atoms with Gasteiger partial charge in [0.15, 0.2) is 0 Å². The van der Waals surface area contributed by atoms with E-state index >= 15 is 0 Å². The van der Waals surface area contributed by atoms with Crippen molar-refractivity contribution in [1.29, 1.82) is 0 Å². The number of rotatable bonds is 0. The monoisotopic (exact) mass is 288 g/mol. The van der Waals surface area contributed by atoms with E-state index in [9.17, 15) is 9.59 Å². The Morgan fingerprint density at radius 1 is 0.650 bits per heavy atom. The van der Waals surface area contributed by atoms with Crippen molar-refractivity contribution in [2.75, 3.05) is 65.7 Å². The maximum Gasteiger partial charge on any atom is 0.234 e. The third-order valence-corrected chi connectivity index (χ3v) is 2.56. The number of carbonyl (C=O) groups excluding carboxylic acids is 2. The molecule has 1 fully saturated rings. The molecule has 8 nitrogen and oxygen atoms in total. The zero-order chi connectivity index (χ0) is 14.5. The van der Waals surface area contributed by atoms with Crippen molar-refractivity contribution >= 4 is 11.8 Å². The summed E-state index contributed by atoms with van der Waals surface area (Å²) in [5.41, 5.74) is 0. The van der Waals surface area contributed by atoms with Gasteiger partial charge in [-0.3, -0.25) is 9.59 Å². The summed E-state index contributed by atoms with van der Waals surface area (Å²) >= 11 is 0. The lowest BCUT2D eigenvalue weighted by molar-refractivity contribution is -0.121. The lowest BCUT2D eigenvalue weighted by Gasteiger charge is -2.10. The first kappa shape index (κ1) is 16.8. The molecule has 2 amide bonds. The molecule has 0 saturated carbocycles. The van der Waals surface area contributed by atoms with Gasteiger partial charge in [-0.1, -0.05) is 0 Å². The van der Waals surface area contributed by atoms with E-state index < -0.39 is 0 Å². The molecule has 1 aliphatic rings. The summed E-state index contributed by atoms with van der Waals surface area (Å²) in [6.07, 6.45) is 0. The Kier molecular flexibility index (Phi) is 9.76. The van der Waals surface area contributed by atoms with E-state index in [-0.39, 0.29) is 24.9 Å². The van der Waals surface area contributed by atoms with Crippen molar-refractivity contribution in [3.8, 4) is 0 Å².